The fraction of sp³-hybridized carbons (Fsp3) is 0.222. The number of rotatable bonds is 4. The summed E-state index contributed by atoms with van der Waals surface area (Å²) < 4.78 is 0. The number of carbonyl (C=O) groups is 1. The molecule has 1 amide bonds. The van der Waals surface area contributed by atoms with Gasteiger partial charge in [0.15, 0.2) is 5.65 Å². The molecule has 3 N–H and O–H groups in total. The van der Waals surface area contributed by atoms with Gasteiger partial charge < -0.3 is 15.6 Å². The first-order valence-corrected chi connectivity index (χ1v) is 8.24. The molecule has 0 bridgehead atoms. The van der Waals surface area contributed by atoms with Gasteiger partial charge in [0.2, 0.25) is 5.91 Å². The zero-order valence-electron chi connectivity index (χ0n) is 13.6. The zero-order valence-corrected chi connectivity index (χ0v) is 13.6. The van der Waals surface area contributed by atoms with E-state index in [1.165, 1.54) is 18.9 Å². The second-order valence-electron chi connectivity index (χ2n) is 6.03. The first kappa shape index (κ1) is 15.3. The molecule has 126 valence electrons. The highest BCUT2D eigenvalue weighted by molar-refractivity contribution is 5.93. The molecule has 0 radical (unpaired) electrons. The summed E-state index contributed by atoms with van der Waals surface area (Å²) >= 11 is 0. The van der Waals surface area contributed by atoms with E-state index >= 15 is 0 Å². The van der Waals surface area contributed by atoms with E-state index in [9.17, 15) is 4.79 Å². The molecule has 25 heavy (non-hydrogen) atoms. The van der Waals surface area contributed by atoms with Crippen LogP contribution in [0.1, 0.15) is 18.4 Å². The Hall–Kier alpha value is -3.22. The fourth-order valence-corrected chi connectivity index (χ4v) is 3.02. The number of aromatic amines is 1. The molecule has 4 rings (SSSR count). The van der Waals surface area contributed by atoms with Gasteiger partial charge in [-0.25, -0.2) is 15.0 Å². The van der Waals surface area contributed by atoms with Crippen LogP contribution in [-0.4, -0.2) is 38.9 Å². The van der Waals surface area contributed by atoms with Crippen LogP contribution in [0.4, 0.5) is 5.82 Å². The number of amides is 1. The van der Waals surface area contributed by atoms with Crippen molar-refractivity contribution in [3.05, 3.63) is 42.4 Å². The van der Waals surface area contributed by atoms with E-state index < -0.39 is 5.91 Å². The lowest BCUT2D eigenvalue weighted by Gasteiger charge is -2.16. The highest BCUT2D eigenvalue weighted by Gasteiger charge is 2.14. The molecule has 1 saturated heterocycles. The molecular weight excluding hydrogens is 316 g/mol. The molecule has 0 aromatic carbocycles. The van der Waals surface area contributed by atoms with E-state index in [0.717, 1.165) is 35.7 Å². The van der Waals surface area contributed by atoms with Gasteiger partial charge in [-0.2, -0.15) is 0 Å². The van der Waals surface area contributed by atoms with Crippen LogP contribution in [0.5, 0.6) is 0 Å². The van der Waals surface area contributed by atoms with Crippen molar-refractivity contribution >= 4 is 29.0 Å². The van der Waals surface area contributed by atoms with Crippen molar-refractivity contribution in [1.82, 2.24) is 19.9 Å². The smallest absolute Gasteiger partial charge is 0.241 e. The van der Waals surface area contributed by atoms with Gasteiger partial charge in [0.05, 0.1) is 11.9 Å². The zero-order chi connectivity index (χ0) is 17.2. The number of carbonyl (C=O) groups excluding carboxylic acids is 1. The number of nitrogens with one attached hydrogen (secondary N) is 1. The van der Waals surface area contributed by atoms with Gasteiger partial charge in [-0.05, 0) is 31.1 Å². The van der Waals surface area contributed by atoms with E-state index in [-0.39, 0.29) is 0 Å². The number of nitrogens with zero attached hydrogens (tertiary/aromatic N) is 4. The summed E-state index contributed by atoms with van der Waals surface area (Å²) in [6.45, 7) is 2.13. The number of hydrogen-bond donors (Lipinski definition) is 2. The Morgan fingerprint density at radius 3 is 2.76 bits per heavy atom. The number of nitrogens with two attached hydrogens (primary N) is 1. The van der Waals surface area contributed by atoms with Crippen molar-refractivity contribution in [2.75, 3.05) is 18.0 Å². The molecule has 0 aliphatic carbocycles. The van der Waals surface area contributed by atoms with Crippen molar-refractivity contribution in [1.29, 1.82) is 0 Å². The number of anilines is 1. The standard InChI is InChI=1S/C18H18N6O/c19-15(25)5-3-13-10-21-18-17(13)23-14(11-22-18)12-4-6-16(20-9-12)24-7-1-2-8-24/h3-6,9-11H,1-2,7-8H2,(H2,19,25)(H,21,22). The van der Waals surface area contributed by atoms with Gasteiger partial charge in [0.25, 0.3) is 0 Å². The predicted molar refractivity (Wildman–Crippen MR) is 96.8 cm³/mol. The van der Waals surface area contributed by atoms with E-state index in [0.29, 0.717) is 11.2 Å². The predicted octanol–water partition coefficient (Wildman–Crippen LogP) is 2.12. The van der Waals surface area contributed by atoms with E-state index in [4.69, 9.17) is 5.73 Å². The molecule has 0 spiro atoms. The van der Waals surface area contributed by atoms with Crippen LogP contribution in [-0.2, 0) is 4.79 Å². The number of H-pyrrole nitrogens is 1. The molecule has 3 aromatic rings. The van der Waals surface area contributed by atoms with E-state index in [1.807, 2.05) is 18.3 Å². The van der Waals surface area contributed by atoms with Crippen LogP contribution in [0.2, 0.25) is 0 Å². The molecule has 7 nitrogen and oxygen atoms in total. The molecule has 1 aliphatic heterocycles. The van der Waals surface area contributed by atoms with Gasteiger partial charge in [0, 0.05) is 42.7 Å². The highest BCUT2D eigenvalue weighted by Crippen LogP contribution is 2.24. The summed E-state index contributed by atoms with van der Waals surface area (Å²) in [5.74, 6) is 0.502. The number of hydrogen-bond acceptors (Lipinski definition) is 5. The number of pyridine rings is 1. The van der Waals surface area contributed by atoms with E-state index in [2.05, 4.69) is 24.8 Å². The number of primary amides is 1. The maximum absolute atomic E-state index is 10.9. The lowest BCUT2D eigenvalue weighted by Crippen LogP contribution is -2.18. The van der Waals surface area contributed by atoms with Crippen LogP contribution >= 0.6 is 0 Å². The molecule has 0 saturated carbocycles. The summed E-state index contributed by atoms with van der Waals surface area (Å²) in [7, 11) is 0. The third-order valence-corrected chi connectivity index (χ3v) is 4.31. The number of aromatic nitrogens is 4. The largest absolute Gasteiger partial charge is 0.366 e. The molecule has 1 aliphatic rings. The van der Waals surface area contributed by atoms with Crippen LogP contribution in [0.3, 0.4) is 0 Å². The summed E-state index contributed by atoms with van der Waals surface area (Å²) in [5.41, 5.74) is 8.92. The second-order valence-corrected chi connectivity index (χ2v) is 6.03. The molecule has 0 unspecified atom stereocenters. The first-order chi connectivity index (χ1) is 12.2. The van der Waals surface area contributed by atoms with Crippen LogP contribution in [0, 0.1) is 0 Å². The SMILES string of the molecule is NC(=O)C=Cc1c[nH]c2ncc(-c3ccc(N4CCCC4)nc3)nc12. The van der Waals surface area contributed by atoms with Crippen molar-refractivity contribution in [2.45, 2.75) is 12.8 Å². The summed E-state index contributed by atoms with van der Waals surface area (Å²) in [5, 5.41) is 0. The van der Waals surface area contributed by atoms with Gasteiger partial charge in [-0.15, -0.1) is 0 Å². The average molecular weight is 334 g/mol. The quantitative estimate of drug-likeness (QED) is 0.712. The Bertz CT molecular complexity index is 938. The molecule has 3 aromatic heterocycles. The topological polar surface area (TPSA) is 101 Å². The Kier molecular flexibility index (Phi) is 3.89. The Morgan fingerprint density at radius 1 is 1.20 bits per heavy atom. The molecule has 0 atom stereocenters. The second kappa shape index (κ2) is 6.35. The van der Waals surface area contributed by atoms with Gasteiger partial charge in [0.1, 0.15) is 11.3 Å². The fourth-order valence-electron chi connectivity index (χ4n) is 3.02. The maximum atomic E-state index is 10.9. The normalized spacial score (nSPS) is 14.6. The minimum absolute atomic E-state index is 0.500. The lowest BCUT2D eigenvalue weighted by atomic mass is 10.2. The summed E-state index contributed by atoms with van der Waals surface area (Å²) in [6.07, 6.45) is 10.7. The molecule has 1 fully saturated rings. The lowest BCUT2D eigenvalue weighted by molar-refractivity contribution is -0.113. The molecule has 7 heteroatoms. The average Bonchev–Trinajstić information content (AvgIpc) is 3.29. The van der Waals surface area contributed by atoms with Gasteiger partial charge in [-0.3, -0.25) is 4.79 Å². The first-order valence-electron chi connectivity index (χ1n) is 8.24. The third-order valence-electron chi connectivity index (χ3n) is 4.31. The summed E-state index contributed by atoms with van der Waals surface area (Å²) in [4.78, 5) is 29.9. The Morgan fingerprint density at radius 2 is 2.04 bits per heavy atom. The van der Waals surface area contributed by atoms with Crippen molar-refractivity contribution in [2.24, 2.45) is 5.73 Å². The minimum Gasteiger partial charge on any atom is -0.366 e. The Labute approximate surface area is 144 Å². The van der Waals surface area contributed by atoms with Crippen LogP contribution in [0.25, 0.3) is 28.5 Å². The van der Waals surface area contributed by atoms with Crippen molar-refractivity contribution in [3.8, 4) is 11.3 Å². The monoisotopic (exact) mass is 334 g/mol. The van der Waals surface area contributed by atoms with Crippen molar-refractivity contribution < 1.29 is 4.79 Å². The molecule has 4 heterocycles. The van der Waals surface area contributed by atoms with Crippen LogP contribution < -0.4 is 10.6 Å². The minimum atomic E-state index is -0.500. The van der Waals surface area contributed by atoms with E-state index in [1.54, 1.807) is 18.5 Å². The van der Waals surface area contributed by atoms with Gasteiger partial charge in [-0.1, -0.05) is 0 Å². The third kappa shape index (κ3) is 3.08. The van der Waals surface area contributed by atoms with Crippen molar-refractivity contribution in [3.63, 3.8) is 0 Å². The number of fused-ring (bicyclic) bond motifs is 1. The maximum Gasteiger partial charge on any atom is 0.241 e. The van der Waals surface area contributed by atoms with Crippen LogP contribution in [0.15, 0.2) is 36.8 Å². The summed E-state index contributed by atoms with van der Waals surface area (Å²) in [6, 6.07) is 4.04. The molecular formula is C18H18N6O. The van der Waals surface area contributed by atoms with Gasteiger partial charge >= 0.3 is 0 Å². The highest BCUT2D eigenvalue weighted by atomic mass is 16.1. The Balaban J connectivity index is 1.66.